The zero-order chi connectivity index (χ0) is 23.1. The van der Waals surface area contributed by atoms with Gasteiger partial charge in [-0.1, -0.05) is 13.8 Å². The van der Waals surface area contributed by atoms with Crippen molar-refractivity contribution in [3.05, 3.63) is 23.8 Å². The van der Waals surface area contributed by atoms with Crippen molar-refractivity contribution in [3.8, 4) is 0 Å². The van der Waals surface area contributed by atoms with Gasteiger partial charge in [0.15, 0.2) is 6.61 Å². The molecule has 1 aromatic carbocycles. The van der Waals surface area contributed by atoms with E-state index in [1.54, 1.807) is 19.9 Å². The van der Waals surface area contributed by atoms with Gasteiger partial charge in [-0.15, -0.1) is 0 Å². The van der Waals surface area contributed by atoms with Gasteiger partial charge in [0, 0.05) is 39.3 Å². The maximum absolute atomic E-state index is 13.0. The number of carbonyl (C=O) groups is 2. The summed E-state index contributed by atoms with van der Waals surface area (Å²) in [7, 11) is -3.73. The summed E-state index contributed by atoms with van der Waals surface area (Å²) < 4.78 is 38.0. The fourth-order valence-corrected chi connectivity index (χ4v) is 5.56. The van der Waals surface area contributed by atoms with Crippen LogP contribution in [0.5, 0.6) is 0 Å². The number of nitrogens with one attached hydrogen (secondary N) is 1. The van der Waals surface area contributed by atoms with Crippen LogP contribution in [0.3, 0.4) is 0 Å². The summed E-state index contributed by atoms with van der Waals surface area (Å²) in [5.41, 5.74) is 0.790. The minimum atomic E-state index is -3.73. The molecule has 2 fully saturated rings. The Labute approximate surface area is 190 Å². The molecule has 2 aliphatic rings. The number of nitrogens with zero attached hydrogens (tertiary/aromatic N) is 2. The lowest BCUT2D eigenvalue weighted by Crippen LogP contribution is -2.35. The van der Waals surface area contributed by atoms with Crippen molar-refractivity contribution < 1.29 is 27.5 Å². The number of ether oxygens (including phenoxy) is 2. The second-order valence-electron chi connectivity index (χ2n) is 7.98. The van der Waals surface area contributed by atoms with Crippen molar-refractivity contribution >= 4 is 27.6 Å². The average Bonchev–Trinajstić information content (AvgIpc) is 3.50. The predicted octanol–water partition coefficient (Wildman–Crippen LogP) is 1.77. The Morgan fingerprint density at radius 2 is 1.91 bits per heavy atom. The van der Waals surface area contributed by atoms with Crippen LogP contribution in [0.2, 0.25) is 0 Å². The molecule has 10 heteroatoms. The zero-order valence-corrected chi connectivity index (χ0v) is 19.7. The van der Waals surface area contributed by atoms with E-state index in [-0.39, 0.29) is 16.6 Å². The number of hydrogen-bond acceptors (Lipinski definition) is 7. The molecule has 0 aromatic heterocycles. The minimum Gasteiger partial charge on any atom is -0.452 e. The number of anilines is 1. The van der Waals surface area contributed by atoms with E-state index >= 15 is 0 Å². The number of hydrogen-bond donors (Lipinski definition) is 1. The van der Waals surface area contributed by atoms with Crippen LogP contribution in [0.4, 0.5) is 5.69 Å². The van der Waals surface area contributed by atoms with Gasteiger partial charge in [0.05, 0.1) is 22.3 Å². The highest BCUT2D eigenvalue weighted by Crippen LogP contribution is 2.29. The second-order valence-corrected chi connectivity index (χ2v) is 9.92. The van der Waals surface area contributed by atoms with E-state index in [1.165, 1.54) is 16.4 Å². The van der Waals surface area contributed by atoms with Gasteiger partial charge in [-0.25, -0.2) is 13.2 Å². The van der Waals surface area contributed by atoms with Gasteiger partial charge in [-0.3, -0.25) is 4.79 Å². The first kappa shape index (κ1) is 24.5. The fourth-order valence-electron chi connectivity index (χ4n) is 4.08. The molecule has 0 saturated carbocycles. The molecule has 1 unspecified atom stereocenters. The van der Waals surface area contributed by atoms with Crippen molar-refractivity contribution in [2.75, 3.05) is 50.8 Å². The van der Waals surface area contributed by atoms with Crippen LogP contribution in [-0.2, 0) is 24.3 Å². The Balaban J connectivity index is 1.75. The van der Waals surface area contributed by atoms with E-state index < -0.39 is 28.5 Å². The molecule has 0 aliphatic carbocycles. The highest BCUT2D eigenvalue weighted by Gasteiger charge is 2.27. The number of amides is 1. The number of carbonyl (C=O) groups excluding carboxylic acids is 2. The van der Waals surface area contributed by atoms with E-state index in [1.807, 2.05) is 4.90 Å². The smallest absolute Gasteiger partial charge is 0.340 e. The summed E-state index contributed by atoms with van der Waals surface area (Å²) in [5.74, 6) is -1.13. The maximum atomic E-state index is 13.0. The Hall–Kier alpha value is -2.17. The van der Waals surface area contributed by atoms with Crippen LogP contribution in [-0.4, -0.2) is 76.6 Å². The van der Waals surface area contributed by atoms with Gasteiger partial charge in [0.25, 0.3) is 5.91 Å². The molecule has 2 saturated heterocycles. The molecule has 1 N–H and O–H groups in total. The molecule has 1 atom stereocenters. The SMILES string of the molecule is CCN(CC)S(=O)(=O)c1ccc(N2CCCC2)c(C(=O)OCC(=O)NCC2CCCO2)c1. The number of rotatable bonds is 10. The fraction of sp³-hybridized carbons (Fsp3) is 0.636. The van der Waals surface area contributed by atoms with Gasteiger partial charge in [0.1, 0.15) is 0 Å². The summed E-state index contributed by atoms with van der Waals surface area (Å²) in [4.78, 5) is 27.1. The van der Waals surface area contributed by atoms with E-state index in [4.69, 9.17) is 9.47 Å². The Morgan fingerprint density at radius 3 is 2.53 bits per heavy atom. The van der Waals surface area contributed by atoms with Gasteiger partial charge in [0.2, 0.25) is 10.0 Å². The van der Waals surface area contributed by atoms with Crippen molar-refractivity contribution in [3.63, 3.8) is 0 Å². The highest BCUT2D eigenvalue weighted by atomic mass is 32.2. The topological polar surface area (TPSA) is 105 Å². The lowest BCUT2D eigenvalue weighted by molar-refractivity contribution is -0.124. The normalized spacial score (nSPS) is 18.8. The van der Waals surface area contributed by atoms with Gasteiger partial charge in [-0.05, 0) is 43.9 Å². The quantitative estimate of drug-likeness (QED) is 0.523. The van der Waals surface area contributed by atoms with Crippen LogP contribution in [0, 0.1) is 0 Å². The highest BCUT2D eigenvalue weighted by molar-refractivity contribution is 7.89. The minimum absolute atomic E-state index is 0.00149. The van der Waals surface area contributed by atoms with Crippen LogP contribution in [0.25, 0.3) is 0 Å². The molecule has 9 nitrogen and oxygen atoms in total. The molecule has 178 valence electrons. The van der Waals surface area contributed by atoms with Crippen molar-refractivity contribution in [2.24, 2.45) is 0 Å². The van der Waals surface area contributed by atoms with E-state index in [9.17, 15) is 18.0 Å². The Kier molecular flexibility index (Phi) is 8.50. The predicted molar refractivity (Wildman–Crippen MR) is 120 cm³/mol. The summed E-state index contributed by atoms with van der Waals surface area (Å²) in [6.07, 6.45) is 3.87. The molecule has 2 heterocycles. The van der Waals surface area contributed by atoms with Gasteiger partial charge < -0.3 is 19.7 Å². The van der Waals surface area contributed by atoms with E-state index in [0.29, 0.717) is 31.9 Å². The van der Waals surface area contributed by atoms with Crippen LogP contribution >= 0.6 is 0 Å². The molecular weight excluding hydrogens is 434 g/mol. The largest absolute Gasteiger partial charge is 0.452 e. The first-order valence-electron chi connectivity index (χ1n) is 11.3. The summed E-state index contributed by atoms with van der Waals surface area (Å²) in [5, 5.41) is 2.71. The average molecular weight is 468 g/mol. The molecule has 0 bridgehead atoms. The lowest BCUT2D eigenvalue weighted by Gasteiger charge is -2.23. The van der Waals surface area contributed by atoms with E-state index in [2.05, 4.69) is 5.32 Å². The summed E-state index contributed by atoms with van der Waals surface area (Å²) >= 11 is 0. The zero-order valence-electron chi connectivity index (χ0n) is 18.8. The second kappa shape index (κ2) is 11.1. The third kappa shape index (κ3) is 5.79. The van der Waals surface area contributed by atoms with Gasteiger partial charge >= 0.3 is 5.97 Å². The van der Waals surface area contributed by atoms with Crippen molar-refractivity contribution in [2.45, 2.75) is 50.5 Å². The molecule has 1 amide bonds. The van der Waals surface area contributed by atoms with Crippen molar-refractivity contribution in [1.82, 2.24) is 9.62 Å². The molecule has 0 radical (unpaired) electrons. The van der Waals surface area contributed by atoms with Gasteiger partial charge in [-0.2, -0.15) is 4.31 Å². The molecule has 32 heavy (non-hydrogen) atoms. The van der Waals surface area contributed by atoms with Crippen LogP contribution in [0.1, 0.15) is 49.9 Å². The Morgan fingerprint density at radius 1 is 1.19 bits per heavy atom. The van der Waals surface area contributed by atoms with E-state index in [0.717, 1.165) is 38.8 Å². The van der Waals surface area contributed by atoms with Crippen LogP contribution < -0.4 is 10.2 Å². The van der Waals surface area contributed by atoms with Crippen molar-refractivity contribution in [1.29, 1.82) is 0 Å². The standard InChI is InChI=1S/C22H33N3O6S/c1-3-25(4-2)32(28,29)18-9-10-20(24-11-5-6-12-24)19(14-18)22(27)31-16-21(26)23-15-17-8-7-13-30-17/h9-10,14,17H,3-8,11-13,15-16H2,1-2H3,(H,23,26). The first-order valence-corrected chi connectivity index (χ1v) is 12.7. The molecule has 3 rings (SSSR count). The molecule has 0 spiro atoms. The molecule has 1 aromatic rings. The summed E-state index contributed by atoms with van der Waals surface area (Å²) in [6.45, 7) is 6.41. The molecular formula is C22H33N3O6S. The monoisotopic (exact) mass is 467 g/mol. The lowest BCUT2D eigenvalue weighted by atomic mass is 10.1. The third-order valence-corrected chi connectivity index (χ3v) is 7.91. The molecule has 2 aliphatic heterocycles. The Bertz CT molecular complexity index is 904. The number of sulfonamides is 1. The number of esters is 1. The third-order valence-electron chi connectivity index (χ3n) is 5.86. The van der Waals surface area contributed by atoms with Crippen LogP contribution in [0.15, 0.2) is 23.1 Å². The number of benzene rings is 1. The first-order chi connectivity index (χ1) is 15.4. The maximum Gasteiger partial charge on any atom is 0.340 e. The summed E-state index contributed by atoms with van der Waals surface area (Å²) in [6, 6.07) is 4.57.